The van der Waals surface area contributed by atoms with Gasteiger partial charge in [0.05, 0.1) is 11.3 Å². The van der Waals surface area contributed by atoms with E-state index in [0.717, 1.165) is 5.69 Å². The smallest absolute Gasteiger partial charge is 0.335 e. The van der Waals surface area contributed by atoms with E-state index >= 15 is 0 Å². The summed E-state index contributed by atoms with van der Waals surface area (Å²) in [7, 11) is 0. The van der Waals surface area contributed by atoms with E-state index in [1.807, 2.05) is 0 Å². The number of carboxylic acid groups (broad SMARTS) is 1. The van der Waals surface area contributed by atoms with E-state index in [9.17, 15) is 4.79 Å². The molecule has 0 spiro atoms. The van der Waals surface area contributed by atoms with E-state index in [0.29, 0.717) is 16.9 Å². The number of carbonyl (C=O) groups is 1. The van der Waals surface area contributed by atoms with Gasteiger partial charge < -0.3 is 14.0 Å². The minimum Gasteiger partial charge on any atom is -0.478 e. The van der Waals surface area contributed by atoms with Crippen LogP contribution in [0.5, 0.6) is 0 Å². The Morgan fingerprint density at radius 3 is 2.83 bits per heavy atom. The Balaban J connectivity index is 2.13. The molecule has 90 valence electrons. The molecule has 0 saturated heterocycles. The number of carboxylic acids is 1. The van der Waals surface area contributed by atoms with Crippen molar-refractivity contribution in [1.29, 1.82) is 0 Å². The third-order valence-electron chi connectivity index (χ3n) is 2.47. The number of hydrogen-bond acceptors (Lipinski definition) is 5. The van der Waals surface area contributed by atoms with Gasteiger partial charge in [-0.25, -0.2) is 9.78 Å². The summed E-state index contributed by atoms with van der Waals surface area (Å²) in [6.45, 7) is 1.79. The molecule has 2 aromatic heterocycles. The van der Waals surface area contributed by atoms with Gasteiger partial charge in [-0.05, 0) is 25.1 Å². The molecular formula is C12H8N2O4. The van der Waals surface area contributed by atoms with Gasteiger partial charge in [-0.15, -0.1) is 0 Å². The zero-order valence-electron chi connectivity index (χ0n) is 9.38. The number of benzene rings is 1. The Kier molecular flexibility index (Phi) is 2.16. The molecule has 18 heavy (non-hydrogen) atoms. The molecule has 3 rings (SSSR count). The van der Waals surface area contributed by atoms with Gasteiger partial charge >= 0.3 is 5.97 Å². The molecule has 6 nitrogen and oxygen atoms in total. The fraction of sp³-hybridized carbons (Fsp3) is 0.0833. The van der Waals surface area contributed by atoms with Gasteiger partial charge in [0.2, 0.25) is 5.76 Å². The number of fused-ring (bicyclic) bond motifs is 1. The molecule has 0 bridgehead atoms. The van der Waals surface area contributed by atoms with Crippen molar-refractivity contribution in [3.8, 4) is 11.7 Å². The topological polar surface area (TPSA) is 89.4 Å². The second-order valence-corrected chi connectivity index (χ2v) is 3.84. The second kappa shape index (κ2) is 3.69. The molecule has 1 aromatic carbocycles. The van der Waals surface area contributed by atoms with Crippen molar-refractivity contribution < 1.29 is 18.8 Å². The maximum Gasteiger partial charge on any atom is 0.335 e. The predicted molar refractivity (Wildman–Crippen MR) is 61.2 cm³/mol. The van der Waals surface area contributed by atoms with Gasteiger partial charge in [-0.2, -0.15) is 0 Å². The summed E-state index contributed by atoms with van der Waals surface area (Å²) >= 11 is 0. The maximum absolute atomic E-state index is 10.8. The first-order valence-corrected chi connectivity index (χ1v) is 5.21. The third kappa shape index (κ3) is 1.64. The molecule has 0 radical (unpaired) electrons. The first kappa shape index (κ1) is 10.5. The van der Waals surface area contributed by atoms with Crippen molar-refractivity contribution in [3.05, 3.63) is 35.5 Å². The van der Waals surface area contributed by atoms with Crippen molar-refractivity contribution in [2.24, 2.45) is 0 Å². The van der Waals surface area contributed by atoms with Gasteiger partial charge in [-0.1, -0.05) is 5.16 Å². The third-order valence-corrected chi connectivity index (χ3v) is 2.47. The molecular weight excluding hydrogens is 236 g/mol. The minimum absolute atomic E-state index is 0.152. The van der Waals surface area contributed by atoms with Crippen LogP contribution in [0.4, 0.5) is 0 Å². The standard InChI is InChI=1S/C12H8N2O4/c1-6-4-10(18-14-6)11-13-8-3-2-7(12(15)16)5-9(8)17-11/h2-5H,1H3,(H,15,16). The fourth-order valence-corrected chi connectivity index (χ4v) is 1.63. The first-order valence-electron chi connectivity index (χ1n) is 5.21. The van der Waals surface area contributed by atoms with Crippen LogP contribution in [-0.4, -0.2) is 21.2 Å². The van der Waals surface area contributed by atoms with Crippen molar-refractivity contribution in [2.75, 3.05) is 0 Å². The molecule has 1 N–H and O–H groups in total. The molecule has 0 aliphatic rings. The number of aromatic carboxylic acids is 1. The van der Waals surface area contributed by atoms with E-state index in [-0.39, 0.29) is 11.5 Å². The monoisotopic (exact) mass is 244 g/mol. The van der Waals surface area contributed by atoms with Crippen LogP contribution in [0.15, 0.2) is 33.2 Å². The normalized spacial score (nSPS) is 10.9. The Hall–Kier alpha value is -2.63. The molecule has 0 atom stereocenters. The van der Waals surface area contributed by atoms with Crippen LogP contribution in [0.3, 0.4) is 0 Å². The highest BCUT2D eigenvalue weighted by molar-refractivity contribution is 5.92. The predicted octanol–water partition coefficient (Wildman–Crippen LogP) is 2.49. The number of rotatable bonds is 2. The summed E-state index contributed by atoms with van der Waals surface area (Å²) in [5.74, 6) is -0.306. The van der Waals surface area contributed by atoms with E-state index in [2.05, 4.69) is 10.1 Å². The first-order chi connectivity index (χ1) is 8.63. The van der Waals surface area contributed by atoms with Gasteiger partial charge in [0.15, 0.2) is 5.58 Å². The average Bonchev–Trinajstić information content (AvgIpc) is 2.93. The number of nitrogens with zero attached hydrogens (tertiary/aromatic N) is 2. The molecule has 6 heteroatoms. The number of aromatic nitrogens is 2. The van der Waals surface area contributed by atoms with Gasteiger partial charge in [0, 0.05) is 6.07 Å². The lowest BCUT2D eigenvalue weighted by molar-refractivity contribution is 0.0697. The van der Waals surface area contributed by atoms with Crippen molar-refractivity contribution in [1.82, 2.24) is 10.1 Å². The average molecular weight is 244 g/mol. The summed E-state index contributed by atoms with van der Waals surface area (Å²) in [6, 6.07) is 6.19. The largest absolute Gasteiger partial charge is 0.478 e. The zero-order chi connectivity index (χ0) is 12.7. The van der Waals surface area contributed by atoms with Gasteiger partial charge in [-0.3, -0.25) is 0 Å². The summed E-state index contributed by atoms with van der Waals surface area (Å²) in [6.07, 6.45) is 0. The molecule has 0 amide bonds. The maximum atomic E-state index is 10.8. The molecule has 0 fully saturated rings. The molecule has 0 unspecified atom stereocenters. The summed E-state index contributed by atoms with van der Waals surface area (Å²) in [5.41, 5.74) is 1.85. The molecule has 0 aliphatic carbocycles. The highest BCUT2D eigenvalue weighted by Gasteiger charge is 2.14. The van der Waals surface area contributed by atoms with Crippen molar-refractivity contribution in [2.45, 2.75) is 6.92 Å². The summed E-state index contributed by atoms with van der Waals surface area (Å²) < 4.78 is 10.5. The fourth-order valence-electron chi connectivity index (χ4n) is 1.63. The van der Waals surface area contributed by atoms with Gasteiger partial charge in [0.25, 0.3) is 5.89 Å². The van der Waals surface area contributed by atoms with E-state index in [1.54, 1.807) is 19.1 Å². The molecule has 0 aliphatic heterocycles. The zero-order valence-corrected chi connectivity index (χ0v) is 9.38. The van der Waals surface area contributed by atoms with Crippen LogP contribution in [0.1, 0.15) is 16.1 Å². The van der Waals surface area contributed by atoms with E-state index < -0.39 is 5.97 Å². The molecule has 0 saturated carbocycles. The van der Waals surface area contributed by atoms with Crippen LogP contribution in [0, 0.1) is 6.92 Å². The highest BCUT2D eigenvalue weighted by atomic mass is 16.5. The number of oxazole rings is 1. The summed E-state index contributed by atoms with van der Waals surface area (Å²) in [4.78, 5) is 15.0. The lowest BCUT2D eigenvalue weighted by Crippen LogP contribution is -1.94. The van der Waals surface area contributed by atoms with Crippen LogP contribution >= 0.6 is 0 Å². The van der Waals surface area contributed by atoms with Crippen LogP contribution in [0.25, 0.3) is 22.8 Å². The van der Waals surface area contributed by atoms with Crippen molar-refractivity contribution >= 4 is 17.1 Å². The number of aryl methyl sites for hydroxylation is 1. The SMILES string of the molecule is Cc1cc(-c2nc3ccc(C(=O)O)cc3o2)on1. The van der Waals surface area contributed by atoms with E-state index in [1.165, 1.54) is 12.1 Å². The Morgan fingerprint density at radius 2 is 2.17 bits per heavy atom. The minimum atomic E-state index is -1.01. The Labute approximate surface area is 101 Å². The lowest BCUT2D eigenvalue weighted by atomic mass is 10.2. The number of hydrogen-bond donors (Lipinski definition) is 1. The molecule has 2 heterocycles. The van der Waals surface area contributed by atoms with E-state index in [4.69, 9.17) is 14.0 Å². The van der Waals surface area contributed by atoms with Crippen molar-refractivity contribution in [3.63, 3.8) is 0 Å². The van der Waals surface area contributed by atoms with Crippen LogP contribution in [-0.2, 0) is 0 Å². The van der Waals surface area contributed by atoms with Crippen LogP contribution in [0.2, 0.25) is 0 Å². The summed E-state index contributed by atoms with van der Waals surface area (Å²) in [5, 5.41) is 12.6. The quantitative estimate of drug-likeness (QED) is 0.744. The molecule has 3 aromatic rings. The Morgan fingerprint density at radius 1 is 1.33 bits per heavy atom. The van der Waals surface area contributed by atoms with Crippen LogP contribution < -0.4 is 0 Å². The Bertz CT molecular complexity index is 741. The second-order valence-electron chi connectivity index (χ2n) is 3.84. The highest BCUT2D eigenvalue weighted by Crippen LogP contribution is 2.25. The van der Waals surface area contributed by atoms with Gasteiger partial charge in [0.1, 0.15) is 5.52 Å². The lowest BCUT2D eigenvalue weighted by Gasteiger charge is -1.91.